The number of thiocarbonyl (C=S) groups is 1. The van der Waals surface area contributed by atoms with E-state index in [2.05, 4.69) is 5.10 Å². The topological polar surface area (TPSA) is 51.1 Å². The smallest absolute Gasteiger partial charge is 0.286 e. The standard InChI is InChI=1S/C21H20N2O3S2/c1-3-25-17-9-5-15(6-10-17)13-19-20(24)23(21(27)28-19)22-14-16-7-11-18(12-8-16)26-4-2/h5-14H,3-4H2,1-2H3/b19-13-,22-14-. The molecule has 5 nitrogen and oxygen atoms in total. The molecule has 0 aromatic heterocycles. The zero-order valence-corrected chi connectivity index (χ0v) is 17.3. The van der Waals surface area contributed by atoms with Gasteiger partial charge in [-0.15, -0.1) is 0 Å². The minimum Gasteiger partial charge on any atom is -0.494 e. The second-order valence-electron chi connectivity index (χ2n) is 5.74. The number of nitrogens with zero attached hydrogens (tertiary/aromatic N) is 2. The van der Waals surface area contributed by atoms with Gasteiger partial charge in [0.15, 0.2) is 4.32 Å². The summed E-state index contributed by atoms with van der Waals surface area (Å²) < 4.78 is 11.3. The molecule has 7 heteroatoms. The Morgan fingerprint density at radius 2 is 1.50 bits per heavy atom. The van der Waals surface area contributed by atoms with E-state index in [-0.39, 0.29) is 5.91 Å². The van der Waals surface area contributed by atoms with Gasteiger partial charge in [0, 0.05) is 0 Å². The Kier molecular flexibility index (Phi) is 6.84. The fourth-order valence-corrected chi connectivity index (χ4v) is 3.65. The fraction of sp³-hybridized carbons (Fsp3) is 0.190. The lowest BCUT2D eigenvalue weighted by molar-refractivity contribution is -0.122. The zero-order chi connectivity index (χ0) is 19.9. The molecule has 0 bridgehead atoms. The van der Waals surface area contributed by atoms with E-state index in [0.717, 1.165) is 22.6 Å². The third kappa shape index (κ3) is 4.99. The molecule has 28 heavy (non-hydrogen) atoms. The first kappa shape index (κ1) is 20.1. The van der Waals surface area contributed by atoms with Crippen LogP contribution in [0.25, 0.3) is 6.08 Å². The highest BCUT2D eigenvalue weighted by Crippen LogP contribution is 2.33. The minimum atomic E-state index is -0.230. The number of hydrogen-bond donors (Lipinski definition) is 0. The number of thioether (sulfide) groups is 1. The van der Waals surface area contributed by atoms with Crippen LogP contribution in [0.5, 0.6) is 11.5 Å². The summed E-state index contributed by atoms with van der Waals surface area (Å²) in [4.78, 5) is 13.2. The zero-order valence-electron chi connectivity index (χ0n) is 15.6. The van der Waals surface area contributed by atoms with Crippen LogP contribution in [-0.2, 0) is 4.79 Å². The van der Waals surface area contributed by atoms with Crippen LogP contribution in [0.3, 0.4) is 0 Å². The number of carbonyl (C=O) groups is 1. The van der Waals surface area contributed by atoms with E-state index < -0.39 is 0 Å². The van der Waals surface area contributed by atoms with Crippen LogP contribution in [0.1, 0.15) is 25.0 Å². The van der Waals surface area contributed by atoms with Gasteiger partial charge in [0.25, 0.3) is 5.91 Å². The van der Waals surface area contributed by atoms with E-state index in [1.807, 2.05) is 62.4 Å². The van der Waals surface area contributed by atoms with Crippen molar-refractivity contribution < 1.29 is 14.3 Å². The van der Waals surface area contributed by atoms with Crippen molar-refractivity contribution in [1.82, 2.24) is 5.01 Å². The number of hydrogen-bond acceptors (Lipinski definition) is 6. The number of hydrazone groups is 1. The Labute approximate surface area is 174 Å². The molecule has 2 aromatic carbocycles. The molecule has 0 N–H and O–H groups in total. The van der Waals surface area contributed by atoms with Gasteiger partial charge in [-0.3, -0.25) is 4.79 Å². The number of ether oxygens (including phenoxy) is 2. The predicted molar refractivity (Wildman–Crippen MR) is 118 cm³/mol. The van der Waals surface area contributed by atoms with Crippen LogP contribution in [0.4, 0.5) is 0 Å². The van der Waals surface area contributed by atoms with Gasteiger partial charge in [-0.05, 0) is 79.7 Å². The van der Waals surface area contributed by atoms with Crippen molar-refractivity contribution >= 4 is 46.5 Å². The van der Waals surface area contributed by atoms with Crippen molar-refractivity contribution in [2.75, 3.05) is 13.2 Å². The minimum absolute atomic E-state index is 0.230. The van der Waals surface area contributed by atoms with Gasteiger partial charge in [0.1, 0.15) is 11.5 Å². The fourth-order valence-electron chi connectivity index (χ4n) is 2.48. The lowest BCUT2D eigenvalue weighted by atomic mass is 10.2. The van der Waals surface area contributed by atoms with Crippen LogP contribution in [0.2, 0.25) is 0 Å². The quantitative estimate of drug-likeness (QED) is 0.374. The van der Waals surface area contributed by atoms with Gasteiger partial charge in [-0.25, -0.2) is 0 Å². The molecule has 0 unspecified atom stereocenters. The Hall–Kier alpha value is -2.64. The molecule has 0 atom stereocenters. The number of carbonyl (C=O) groups excluding carboxylic acids is 1. The van der Waals surface area contributed by atoms with E-state index in [0.29, 0.717) is 22.4 Å². The number of benzene rings is 2. The maximum atomic E-state index is 12.6. The molecule has 0 saturated carbocycles. The Balaban J connectivity index is 1.70. The molecule has 144 valence electrons. The molecule has 0 spiro atoms. The Bertz CT molecular complexity index is 906. The first-order valence-electron chi connectivity index (χ1n) is 8.88. The molecule has 1 heterocycles. The van der Waals surface area contributed by atoms with E-state index in [9.17, 15) is 4.79 Å². The van der Waals surface area contributed by atoms with E-state index >= 15 is 0 Å². The number of amides is 1. The van der Waals surface area contributed by atoms with Crippen LogP contribution < -0.4 is 9.47 Å². The van der Waals surface area contributed by atoms with Gasteiger partial charge in [0.05, 0.1) is 24.3 Å². The summed E-state index contributed by atoms with van der Waals surface area (Å²) in [5, 5.41) is 5.50. The van der Waals surface area contributed by atoms with Gasteiger partial charge in [-0.1, -0.05) is 23.9 Å². The van der Waals surface area contributed by atoms with E-state index in [1.54, 1.807) is 12.3 Å². The van der Waals surface area contributed by atoms with E-state index in [1.165, 1.54) is 16.8 Å². The molecular formula is C21H20N2O3S2. The summed E-state index contributed by atoms with van der Waals surface area (Å²) in [7, 11) is 0. The molecule has 0 radical (unpaired) electrons. The summed E-state index contributed by atoms with van der Waals surface area (Å²) in [5.41, 5.74) is 1.76. The highest BCUT2D eigenvalue weighted by Gasteiger charge is 2.32. The van der Waals surface area contributed by atoms with Gasteiger partial charge >= 0.3 is 0 Å². The van der Waals surface area contributed by atoms with Crippen molar-refractivity contribution in [3.05, 3.63) is 64.6 Å². The van der Waals surface area contributed by atoms with Crippen LogP contribution in [-0.4, -0.2) is 34.7 Å². The van der Waals surface area contributed by atoms with Crippen molar-refractivity contribution in [2.24, 2.45) is 5.10 Å². The first-order chi connectivity index (χ1) is 13.6. The Morgan fingerprint density at radius 1 is 0.964 bits per heavy atom. The molecular weight excluding hydrogens is 392 g/mol. The summed E-state index contributed by atoms with van der Waals surface area (Å²) in [6.07, 6.45) is 3.42. The maximum Gasteiger partial charge on any atom is 0.286 e. The molecule has 2 aromatic rings. The summed E-state index contributed by atoms with van der Waals surface area (Å²) >= 11 is 6.55. The number of rotatable bonds is 7. The van der Waals surface area contributed by atoms with Crippen molar-refractivity contribution in [2.45, 2.75) is 13.8 Å². The largest absolute Gasteiger partial charge is 0.494 e. The maximum absolute atomic E-state index is 12.6. The normalized spacial score (nSPS) is 15.6. The van der Waals surface area contributed by atoms with Crippen LogP contribution in [0.15, 0.2) is 58.5 Å². The van der Waals surface area contributed by atoms with Crippen molar-refractivity contribution in [1.29, 1.82) is 0 Å². The third-order valence-corrected chi connectivity index (χ3v) is 5.06. The molecule has 1 aliphatic heterocycles. The Morgan fingerprint density at radius 3 is 2.04 bits per heavy atom. The van der Waals surface area contributed by atoms with Crippen molar-refractivity contribution in [3.63, 3.8) is 0 Å². The molecule has 1 fully saturated rings. The molecule has 1 amide bonds. The molecule has 3 rings (SSSR count). The monoisotopic (exact) mass is 412 g/mol. The summed E-state index contributed by atoms with van der Waals surface area (Å²) in [6, 6.07) is 15.0. The van der Waals surface area contributed by atoms with Gasteiger partial charge < -0.3 is 9.47 Å². The molecule has 1 saturated heterocycles. The highest BCUT2D eigenvalue weighted by atomic mass is 32.2. The van der Waals surface area contributed by atoms with Crippen LogP contribution in [0, 0.1) is 0 Å². The van der Waals surface area contributed by atoms with Gasteiger partial charge in [0.2, 0.25) is 0 Å². The van der Waals surface area contributed by atoms with Gasteiger partial charge in [-0.2, -0.15) is 10.1 Å². The average Bonchev–Trinajstić information content (AvgIpc) is 2.96. The lowest BCUT2D eigenvalue weighted by Gasteiger charge is -2.06. The third-order valence-electron chi connectivity index (χ3n) is 3.78. The van der Waals surface area contributed by atoms with Crippen LogP contribution >= 0.6 is 24.0 Å². The molecule has 1 aliphatic rings. The van der Waals surface area contributed by atoms with Crippen molar-refractivity contribution in [3.8, 4) is 11.5 Å². The average molecular weight is 413 g/mol. The predicted octanol–water partition coefficient (Wildman–Crippen LogP) is 4.72. The second kappa shape index (κ2) is 9.52. The second-order valence-corrected chi connectivity index (χ2v) is 7.42. The lowest BCUT2D eigenvalue weighted by Crippen LogP contribution is -2.22. The summed E-state index contributed by atoms with van der Waals surface area (Å²) in [6.45, 7) is 5.10. The van der Waals surface area contributed by atoms with E-state index in [4.69, 9.17) is 21.7 Å². The first-order valence-corrected chi connectivity index (χ1v) is 10.1. The molecule has 0 aliphatic carbocycles. The highest BCUT2D eigenvalue weighted by molar-refractivity contribution is 8.26. The summed E-state index contributed by atoms with van der Waals surface area (Å²) in [5.74, 6) is 1.36. The SMILES string of the molecule is CCOc1ccc(/C=N\N2C(=O)/C(=C/c3ccc(OCC)cc3)SC2=S)cc1.